The number of amides is 1. The standard InChI is InChI=1S/C16H14FN5O4S2/c17-13-4-2-10(8-20-13)9-1-3-11-12(7-9)27-16(21-11)14(22-24)15(23)19-5-6-28(18,25)26/h1-4,7-8,24H,5-6H2,(H,19,23)(H2,18,25,26). The molecule has 146 valence electrons. The van der Waals surface area contributed by atoms with Crippen LogP contribution in [0.3, 0.4) is 0 Å². The van der Waals surface area contributed by atoms with E-state index in [-0.39, 0.29) is 17.3 Å². The minimum Gasteiger partial charge on any atom is -0.410 e. The fourth-order valence-electron chi connectivity index (χ4n) is 2.33. The number of hydrogen-bond donors (Lipinski definition) is 3. The minimum atomic E-state index is -3.73. The Balaban J connectivity index is 1.84. The average molecular weight is 423 g/mol. The number of benzene rings is 1. The maximum absolute atomic E-state index is 13.0. The Labute approximate surface area is 162 Å². The zero-order valence-corrected chi connectivity index (χ0v) is 15.8. The molecule has 28 heavy (non-hydrogen) atoms. The first-order valence-electron chi connectivity index (χ1n) is 7.80. The molecule has 4 N–H and O–H groups in total. The van der Waals surface area contributed by atoms with E-state index in [1.165, 1.54) is 12.3 Å². The second-order valence-corrected chi connectivity index (χ2v) is 8.41. The number of nitrogens with two attached hydrogens (primary N) is 1. The van der Waals surface area contributed by atoms with E-state index in [0.29, 0.717) is 15.8 Å². The second-order valence-electron chi connectivity index (χ2n) is 5.64. The van der Waals surface area contributed by atoms with Gasteiger partial charge in [-0.3, -0.25) is 4.79 Å². The lowest BCUT2D eigenvalue weighted by Crippen LogP contribution is -2.36. The Bertz CT molecular complexity index is 1160. The van der Waals surface area contributed by atoms with Crippen LogP contribution >= 0.6 is 11.3 Å². The van der Waals surface area contributed by atoms with Gasteiger partial charge in [0, 0.05) is 18.3 Å². The molecule has 0 aliphatic rings. The number of rotatable bonds is 6. The first kappa shape index (κ1) is 19.8. The average Bonchev–Trinajstić information content (AvgIpc) is 3.04. The maximum atomic E-state index is 13.0. The molecule has 3 aromatic rings. The zero-order valence-electron chi connectivity index (χ0n) is 14.2. The third kappa shape index (κ3) is 4.65. The van der Waals surface area contributed by atoms with Crippen molar-refractivity contribution in [2.75, 3.05) is 12.3 Å². The molecule has 0 saturated heterocycles. The summed E-state index contributed by atoms with van der Waals surface area (Å²) in [6, 6.07) is 8.11. The summed E-state index contributed by atoms with van der Waals surface area (Å²) in [5.41, 5.74) is 1.70. The van der Waals surface area contributed by atoms with Crippen LogP contribution in [0.5, 0.6) is 0 Å². The molecule has 1 amide bonds. The number of nitrogens with zero attached hydrogens (tertiary/aromatic N) is 3. The van der Waals surface area contributed by atoms with Crippen LogP contribution in [0.4, 0.5) is 4.39 Å². The largest absolute Gasteiger partial charge is 0.410 e. The Morgan fingerprint density at radius 2 is 2.04 bits per heavy atom. The molecule has 1 aromatic carbocycles. The van der Waals surface area contributed by atoms with Crippen molar-refractivity contribution in [1.29, 1.82) is 0 Å². The summed E-state index contributed by atoms with van der Waals surface area (Å²) in [7, 11) is -3.73. The van der Waals surface area contributed by atoms with E-state index in [1.807, 2.05) is 0 Å². The number of carbonyl (C=O) groups excluding carboxylic acids is 1. The Morgan fingerprint density at radius 1 is 1.29 bits per heavy atom. The summed E-state index contributed by atoms with van der Waals surface area (Å²) in [6.07, 6.45) is 1.40. The highest BCUT2D eigenvalue weighted by molar-refractivity contribution is 7.89. The van der Waals surface area contributed by atoms with E-state index < -0.39 is 27.6 Å². The number of aromatic nitrogens is 2. The first-order valence-corrected chi connectivity index (χ1v) is 10.3. The predicted octanol–water partition coefficient (Wildman–Crippen LogP) is 1.08. The molecule has 9 nitrogen and oxygen atoms in total. The van der Waals surface area contributed by atoms with Crippen molar-refractivity contribution < 1.29 is 22.8 Å². The molecule has 0 radical (unpaired) electrons. The number of thiazole rings is 1. The third-order valence-corrected chi connectivity index (χ3v) is 5.44. The predicted molar refractivity (Wildman–Crippen MR) is 102 cm³/mol. The number of fused-ring (bicyclic) bond motifs is 1. The van der Waals surface area contributed by atoms with Crippen molar-refractivity contribution in [2.24, 2.45) is 10.3 Å². The fraction of sp³-hybridized carbons (Fsp3) is 0.125. The smallest absolute Gasteiger partial charge is 0.276 e. The van der Waals surface area contributed by atoms with Crippen LogP contribution in [0.2, 0.25) is 0 Å². The van der Waals surface area contributed by atoms with E-state index in [0.717, 1.165) is 16.9 Å². The molecule has 0 aliphatic carbocycles. The number of carbonyl (C=O) groups is 1. The van der Waals surface area contributed by atoms with Crippen molar-refractivity contribution in [3.63, 3.8) is 0 Å². The molecule has 0 aliphatic heterocycles. The van der Waals surface area contributed by atoms with Gasteiger partial charge in [0.1, 0.15) is 0 Å². The maximum Gasteiger partial charge on any atom is 0.276 e. The van der Waals surface area contributed by atoms with Crippen LogP contribution in [0.25, 0.3) is 21.3 Å². The summed E-state index contributed by atoms with van der Waals surface area (Å²) >= 11 is 1.11. The van der Waals surface area contributed by atoms with Gasteiger partial charge in [0.25, 0.3) is 5.91 Å². The van der Waals surface area contributed by atoms with Gasteiger partial charge in [0.05, 0.1) is 16.0 Å². The number of oxime groups is 1. The number of halogens is 1. The Morgan fingerprint density at radius 3 is 2.68 bits per heavy atom. The molecular formula is C16H14FN5O4S2. The Hall–Kier alpha value is -2.96. The topological polar surface area (TPSA) is 148 Å². The fourth-order valence-corrected chi connectivity index (χ4v) is 3.70. The van der Waals surface area contributed by atoms with Gasteiger partial charge in [0.2, 0.25) is 21.7 Å². The van der Waals surface area contributed by atoms with Crippen LogP contribution < -0.4 is 10.5 Å². The second kappa shape index (κ2) is 7.96. The van der Waals surface area contributed by atoms with Crippen LogP contribution in [0, 0.1) is 5.95 Å². The summed E-state index contributed by atoms with van der Waals surface area (Å²) in [5, 5.41) is 19.5. The summed E-state index contributed by atoms with van der Waals surface area (Å²) in [4.78, 5) is 20.0. The van der Waals surface area contributed by atoms with Gasteiger partial charge in [-0.25, -0.2) is 23.5 Å². The molecule has 0 unspecified atom stereocenters. The van der Waals surface area contributed by atoms with Crippen molar-refractivity contribution >= 4 is 43.2 Å². The van der Waals surface area contributed by atoms with Gasteiger partial charge in [-0.1, -0.05) is 11.2 Å². The Kier molecular flexibility index (Phi) is 5.63. The molecule has 0 fully saturated rings. The number of pyridine rings is 1. The SMILES string of the molecule is NS(=O)(=O)CCNC(=O)C(=NO)c1nc2ccc(-c3ccc(F)nc3)cc2s1. The number of primary sulfonamides is 1. The molecule has 0 bridgehead atoms. The molecule has 2 aromatic heterocycles. The molecule has 0 saturated carbocycles. The lowest BCUT2D eigenvalue weighted by Gasteiger charge is -2.03. The molecule has 3 rings (SSSR count). The lowest BCUT2D eigenvalue weighted by atomic mass is 10.1. The quantitative estimate of drug-likeness (QED) is 0.234. The van der Waals surface area contributed by atoms with E-state index in [2.05, 4.69) is 20.4 Å². The van der Waals surface area contributed by atoms with E-state index in [1.54, 1.807) is 24.3 Å². The van der Waals surface area contributed by atoms with Crippen LogP contribution in [0.1, 0.15) is 5.01 Å². The molecule has 0 spiro atoms. The highest BCUT2D eigenvalue weighted by Crippen LogP contribution is 2.28. The monoisotopic (exact) mass is 423 g/mol. The molecule has 12 heteroatoms. The van der Waals surface area contributed by atoms with Crippen LogP contribution in [0.15, 0.2) is 41.7 Å². The highest BCUT2D eigenvalue weighted by Gasteiger charge is 2.20. The zero-order chi connectivity index (χ0) is 20.3. The van der Waals surface area contributed by atoms with Gasteiger partial charge in [0.15, 0.2) is 5.01 Å². The van der Waals surface area contributed by atoms with Gasteiger partial charge in [-0.05, 0) is 29.8 Å². The van der Waals surface area contributed by atoms with E-state index in [9.17, 15) is 22.8 Å². The molecule has 0 atom stereocenters. The van der Waals surface area contributed by atoms with Crippen LogP contribution in [-0.4, -0.2) is 47.5 Å². The van der Waals surface area contributed by atoms with Crippen molar-refractivity contribution in [3.05, 3.63) is 47.5 Å². The van der Waals surface area contributed by atoms with Crippen molar-refractivity contribution in [2.45, 2.75) is 0 Å². The van der Waals surface area contributed by atoms with Gasteiger partial charge in [-0.2, -0.15) is 4.39 Å². The molecule has 2 heterocycles. The normalized spacial score (nSPS) is 12.3. The molecular weight excluding hydrogens is 409 g/mol. The highest BCUT2D eigenvalue weighted by atomic mass is 32.2. The van der Waals surface area contributed by atoms with Crippen molar-refractivity contribution in [3.8, 4) is 11.1 Å². The number of sulfonamides is 1. The van der Waals surface area contributed by atoms with E-state index in [4.69, 9.17) is 5.14 Å². The van der Waals surface area contributed by atoms with Gasteiger partial charge in [-0.15, -0.1) is 11.3 Å². The van der Waals surface area contributed by atoms with Gasteiger partial charge >= 0.3 is 0 Å². The first-order chi connectivity index (χ1) is 13.3. The summed E-state index contributed by atoms with van der Waals surface area (Å²) < 4.78 is 35.5. The summed E-state index contributed by atoms with van der Waals surface area (Å²) in [5.74, 6) is -1.82. The van der Waals surface area contributed by atoms with Crippen LogP contribution in [-0.2, 0) is 14.8 Å². The third-order valence-electron chi connectivity index (χ3n) is 3.64. The number of hydrogen-bond acceptors (Lipinski definition) is 8. The number of nitrogens with one attached hydrogen (secondary N) is 1. The van der Waals surface area contributed by atoms with E-state index >= 15 is 0 Å². The van der Waals surface area contributed by atoms with Crippen molar-refractivity contribution in [1.82, 2.24) is 15.3 Å². The minimum absolute atomic E-state index is 0.153. The van der Waals surface area contributed by atoms with Gasteiger partial charge < -0.3 is 10.5 Å². The lowest BCUT2D eigenvalue weighted by molar-refractivity contribution is -0.114. The summed E-state index contributed by atoms with van der Waals surface area (Å²) in [6.45, 7) is -0.233.